The monoisotopic (exact) mass is 1080 g/mol. The van der Waals surface area contributed by atoms with Crippen molar-refractivity contribution < 1.29 is 105 Å². The summed E-state index contributed by atoms with van der Waals surface area (Å²) in [5.74, 6) is -7.14. The van der Waals surface area contributed by atoms with Crippen LogP contribution in [0.2, 0.25) is 0 Å². The van der Waals surface area contributed by atoms with Crippen LogP contribution < -0.4 is 18.9 Å². The van der Waals surface area contributed by atoms with Gasteiger partial charge in [0.2, 0.25) is 0 Å². The van der Waals surface area contributed by atoms with Gasteiger partial charge in [0, 0.05) is 61.8 Å². The third kappa shape index (κ3) is 14.3. The Hall–Kier alpha value is -8.08. The molecule has 78 heavy (non-hydrogen) atoms. The van der Waals surface area contributed by atoms with E-state index in [9.17, 15) is 43.5 Å². The van der Waals surface area contributed by atoms with E-state index in [0.29, 0.717) is 16.7 Å². The van der Waals surface area contributed by atoms with Crippen molar-refractivity contribution in [3.63, 3.8) is 0 Å². The van der Waals surface area contributed by atoms with Gasteiger partial charge in [-0.3, -0.25) is 38.4 Å². The van der Waals surface area contributed by atoms with Gasteiger partial charge in [-0.25, -0.2) is 0 Å². The summed E-state index contributed by atoms with van der Waals surface area (Å²) < 4.78 is 80.3. The van der Waals surface area contributed by atoms with Crippen molar-refractivity contribution in [2.75, 3.05) is 13.2 Å². The summed E-state index contributed by atoms with van der Waals surface area (Å²) in [6, 6.07) is 23.9. The predicted molar refractivity (Wildman–Crippen MR) is 265 cm³/mol. The van der Waals surface area contributed by atoms with Crippen LogP contribution in [0.15, 0.2) is 84.9 Å². The molecule has 0 spiro atoms. The van der Waals surface area contributed by atoms with Crippen LogP contribution in [0.4, 0.5) is 0 Å². The first kappa shape index (κ1) is 57.6. The molecule has 4 aromatic rings. The fourth-order valence-corrected chi connectivity index (χ4v) is 9.54. The summed E-state index contributed by atoms with van der Waals surface area (Å²) in [4.78, 5) is 103. The minimum Gasteiger partial charge on any atom is -0.488 e. The third-order valence-corrected chi connectivity index (χ3v) is 12.4. The van der Waals surface area contributed by atoms with Crippen LogP contribution in [0.25, 0.3) is 0 Å². The summed E-state index contributed by atoms with van der Waals surface area (Å²) in [7, 11) is 0. The normalized spacial score (nSPS) is 24.3. The molecule has 0 aliphatic carbocycles. The minimum absolute atomic E-state index is 0.0973. The zero-order valence-electron chi connectivity index (χ0n) is 44.0. The van der Waals surface area contributed by atoms with Crippen LogP contribution in [-0.4, -0.2) is 109 Å². The molecule has 0 radical (unpaired) electrons. The van der Waals surface area contributed by atoms with Crippen LogP contribution in [0.3, 0.4) is 0 Å². The zero-order chi connectivity index (χ0) is 56.4. The van der Waals surface area contributed by atoms with Gasteiger partial charge in [-0.05, 0) is 28.8 Å². The number of aliphatic hydroxyl groups is 1. The molecule has 416 valence electrons. The molecular weight excluding hydrogens is 1020 g/mol. The van der Waals surface area contributed by atoms with E-state index in [4.69, 9.17) is 61.6 Å². The molecule has 0 amide bonds. The van der Waals surface area contributed by atoms with E-state index < -0.39 is 128 Å². The number of aliphatic hydroxyl groups excluding tert-OH is 1. The standard InChI is InChI=1S/C56H60O22/c1-28(57)66-26-43-48(73-32(5)61)55(75-34(7)63)56(76-35(8)64)53(78-43)45-49(67-24-36-15-11-9-12-16-36)44-40(65)23-41(38-19-21-39(22-20-38)70-29(2)58)77-51(44)46(50(45)68-25-37-17-13-10-14-18-37)52-54(74-33(6)62)47(72-31(4)60)42(27-69-52)71-30(3)59/h9-22,40-43,47-48,52-56,65H,23-27H2,1-8H3/t40?,41?,42-,43-,47+,48-,52+,53+,54-,55+,56+/m1/s1. The van der Waals surface area contributed by atoms with E-state index in [-0.39, 0.29) is 59.3 Å². The lowest BCUT2D eigenvalue weighted by atomic mass is 9.82. The summed E-state index contributed by atoms with van der Waals surface area (Å²) in [6.07, 6.45) is -17.7. The second-order valence-electron chi connectivity index (χ2n) is 18.5. The maximum atomic E-state index is 13.5. The van der Waals surface area contributed by atoms with E-state index in [2.05, 4.69) is 0 Å². The predicted octanol–water partition coefficient (Wildman–Crippen LogP) is 5.99. The van der Waals surface area contributed by atoms with E-state index in [1.54, 1.807) is 72.8 Å². The lowest BCUT2D eigenvalue weighted by molar-refractivity contribution is -0.255. The van der Waals surface area contributed by atoms with Crippen molar-refractivity contribution in [2.45, 2.75) is 142 Å². The van der Waals surface area contributed by atoms with E-state index in [1.807, 2.05) is 0 Å². The Morgan fingerprint density at radius 2 is 1.00 bits per heavy atom. The third-order valence-electron chi connectivity index (χ3n) is 12.4. The van der Waals surface area contributed by atoms with Crippen LogP contribution in [0, 0.1) is 0 Å². The Morgan fingerprint density at radius 3 is 1.51 bits per heavy atom. The lowest BCUT2D eigenvalue weighted by Gasteiger charge is -2.46. The van der Waals surface area contributed by atoms with Gasteiger partial charge in [0.1, 0.15) is 67.2 Å². The van der Waals surface area contributed by atoms with Gasteiger partial charge in [0.15, 0.2) is 36.6 Å². The van der Waals surface area contributed by atoms with Crippen molar-refractivity contribution in [3.8, 4) is 23.0 Å². The van der Waals surface area contributed by atoms with Crippen LogP contribution in [-0.2, 0) is 94.2 Å². The Kier molecular flexibility index (Phi) is 19.1. The number of carbonyl (C=O) groups is 8. The zero-order valence-corrected chi connectivity index (χ0v) is 44.0. The van der Waals surface area contributed by atoms with E-state index in [0.717, 1.165) is 48.5 Å². The summed E-state index contributed by atoms with van der Waals surface area (Å²) in [5, 5.41) is 12.9. The number of carbonyl (C=O) groups excluding carboxylic acids is 8. The smallest absolute Gasteiger partial charge is 0.308 e. The van der Waals surface area contributed by atoms with Gasteiger partial charge < -0.3 is 66.7 Å². The average Bonchev–Trinajstić information content (AvgIpc) is 3.58. The molecular formula is C56H60O22. The summed E-state index contributed by atoms with van der Waals surface area (Å²) in [6.45, 7) is 7.18. The second kappa shape index (κ2) is 25.8. The Balaban J connectivity index is 1.63. The molecule has 7 rings (SSSR count). The molecule has 3 aliphatic heterocycles. The highest BCUT2D eigenvalue weighted by atomic mass is 16.7. The topological polar surface area (TPSA) is 277 Å². The molecule has 22 nitrogen and oxygen atoms in total. The Labute approximate surface area is 448 Å². The molecule has 0 aromatic heterocycles. The number of ether oxygens (including phenoxy) is 13. The molecule has 2 saturated heterocycles. The molecule has 3 aliphatic rings. The van der Waals surface area contributed by atoms with Gasteiger partial charge in [-0.1, -0.05) is 72.8 Å². The quantitative estimate of drug-likeness (QED) is 0.0680. The first-order chi connectivity index (χ1) is 37.2. The van der Waals surface area contributed by atoms with Gasteiger partial charge >= 0.3 is 47.8 Å². The summed E-state index contributed by atoms with van der Waals surface area (Å²) >= 11 is 0. The number of fused-ring (bicyclic) bond motifs is 1. The van der Waals surface area contributed by atoms with Gasteiger partial charge in [-0.2, -0.15) is 0 Å². The fourth-order valence-electron chi connectivity index (χ4n) is 9.54. The van der Waals surface area contributed by atoms with Crippen LogP contribution in [0.1, 0.15) is 120 Å². The molecule has 1 N–H and O–H groups in total. The van der Waals surface area contributed by atoms with Crippen molar-refractivity contribution in [3.05, 3.63) is 118 Å². The maximum Gasteiger partial charge on any atom is 0.308 e. The molecule has 2 unspecified atom stereocenters. The molecule has 4 aromatic carbocycles. The molecule has 11 atom stereocenters. The molecule has 22 heteroatoms. The highest BCUT2D eigenvalue weighted by molar-refractivity contribution is 5.72. The Bertz CT molecular complexity index is 2830. The molecule has 0 saturated carbocycles. The lowest BCUT2D eigenvalue weighted by Crippen LogP contribution is -2.59. The fraction of sp³-hybridized carbons (Fsp3) is 0.429. The number of hydrogen-bond acceptors (Lipinski definition) is 22. The Morgan fingerprint density at radius 1 is 0.513 bits per heavy atom. The van der Waals surface area contributed by atoms with Crippen molar-refractivity contribution in [2.24, 2.45) is 0 Å². The van der Waals surface area contributed by atoms with E-state index >= 15 is 0 Å². The molecule has 3 heterocycles. The van der Waals surface area contributed by atoms with Crippen molar-refractivity contribution >= 4 is 47.8 Å². The molecule has 0 bridgehead atoms. The SMILES string of the molecule is CC(=O)OC[C@H]1O[C@@H](c2c(OCc3ccccc3)c3c(c([C@@H]4OC[C@@H](OC(C)=O)[C@H](OC(C)=O)[C@H]4OC(C)=O)c2OCc2ccccc2)OC(c2ccc(OC(C)=O)cc2)CC3O)[C@H](OC(C)=O)[C@@H](OC(C)=O)[C@@H]1OC(C)=O. The average molecular weight is 1090 g/mol. The van der Waals surface area contributed by atoms with Gasteiger partial charge in [-0.15, -0.1) is 0 Å². The second-order valence-corrected chi connectivity index (χ2v) is 18.5. The van der Waals surface area contributed by atoms with E-state index in [1.165, 1.54) is 19.1 Å². The van der Waals surface area contributed by atoms with Crippen LogP contribution >= 0.6 is 0 Å². The van der Waals surface area contributed by atoms with Crippen molar-refractivity contribution in [1.82, 2.24) is 0 Å². The van der Waals surface area contributed by atoms with Crippen molar-refractivity contribution in [1.29, 1.82) is 0 Å². The maximum absolute atomic E-state index is 13.5. The highest BCUT2D eigenvalue weighted by Crippen LogP contribution is 2.59. The van der Waals surface area contributed by atoms with Gasteiger partial charge in [0.05, 0.1) is 29.4 Å². The first-order valence-electron chi connectivity index (χ1n) is 24.8. The number of hydrogen-bond donors (Lipinski definition) is 1. The van der Waals surface area contributed by atoms with Crippen LogP contribution in [0.5, 0.6) is 23.0 Å². The first-order valence-corrected chi connectivity index (χ1v) is 24.8. The van der Waals surface area contributed by atoms with Gasteiger partial charge in [0.25, 0.3) is 0 Å². The number of benzene rings is 4. The highest BCUT2D eigenvalue weighted by Gasteiger charge is 2.57. The largest absolute Gasteiger partial charge is 0.488 e. The molecule has 2 fully saturated rings. The summed E-state index contributed by atoms with van der Waals surface area (Å²) in [5.41, 5.74) is 1.22. The number of esters is 8. The number of rotatable bonds is 18. The minimum atomic E-state index is -1.81.